The van der Waals surface area contributed by atoms with E-state index in [1.165, 1.54) is 18.2 Å². The molecule has 1 fully saturated rings. The number of non-ortho nitro benzene ring substituents is 1. The molecule has 2 aromatic carbocycles. The fraction of sp³-hybridized carbons (Fsp3) is 0.300. The number of nitrogens with zero attached hydrogens (tertiary/aromatic N) is 2. The number of nitro benzene ring substituents is 1. The van der Waals surface area contributed by atoms with E-state index in [1.807, 2.05) is 0 Å². The van der Waals surface area contributed by atoms with Gasteiger partial charge in [-0.1, -0.05) is 30.3 Å². The average molecular weight is 368 g/mol. The molecule has 1 saturated carbocycles. The normalized spacial score (nSPS) is 13.2. The van der Waals surface area contributed by atoms with Crippen molar-refractivity contribution in [2.75, 3.05) is 0 Å². The molecular weight excluding hydrogens is 348 g/mol. The lowest BCUT2D eigenvalue weighted by molar-refractivity contribution is -0.384. The summed E-state index contributed by atoms with van der Waals surface area (Å²) in [6, 6.07) is 13.1. The Labute approximate surface area is 156 Å². The number of aryl methyl sites for hydroxylation is 1. The molecule has 1 N–H and O–H groups in total. The molecule has 2 aromatic rings. The quantitative estimate of drug-likeness (QED) is 0.568. The highest BCUT2D eigenvalue weighted by Gasteiger charge is 2.32. The highest BCUT2D eigenvalue weighted by atomic mass is 16.6. The maximum atomic E-state index is 12.7. The predicted octanol–water partition coefficient (Wildman–Crippen LogP) is 3.42. The number of rotatable bonds is 8. The summed E-state index contributed by atoms with van der Waals surface area (Å²) in [5.74, 6) is -1.03. The summed E-state index contributed by atoms with van der Waals surface area (Å²) in [6.07, 6.45) is 2.49. The molecule has 27 heavy (non-hydrogen) atoms. The first kappa shape index (κ1) is 18.6. The number of hydrogen-bond acceptors (Lipinski definition) is 4. The third kappa shape index (κ3) is 4.69. The number of hydrogen-bond donors (Lipinski definition) is 1. The van der Waals surface area contributed by atoms with Crippen molar-refractivity contribution in [3.63, 3.8) is 0 Å². The molecule has 0 aromatic heterocycles. The van der Waals surface area contributed by atoms with E-state index in [-0.39, 0.29) is 29.6 Å². The molecule has 0 atom stereocenters. The molecule has 0 spiro atoms. The van der Waals surface area contributed by atoms with Crippen molar-refractivity contribution in [1.82, 2.24) is 4.90 Å². The van der Waals surface area contributed by atoms with Gasteiger partial charge in [0.1, 0.15) is 0 Å². The summed E-state index contributed by atoms with van der Waals surface area (Å²) in [7, 11) is 0. The third-order valence-electron chi connectivity index (χ3n) is 4.66. The minimum Gasteiger partial charge on any atom is -0.478 e. The van der Waals surface area contributed by atoms with Crippen molar-refractivity contribution < 1.29 is 19.6 Å². The van der Waals surface area contributed by atoms with Gasteiger partial charge in [-0.05, 0) is 36.5 Å². The molecule has 0 heterocycles. The van der Waals surface area contributed by atoms with Gasteiger partial charge < -0.3 is 10.0 Å². The number of carbonyl (C=O) groups is 2. The lowest BCUT2D eigenvalue weighted by Gasteiger charge is -2.23. The Morgan fingerprint density at radius 2 is 1.78 bits per heavy atom. The van der Waals surface area contributed by atoms with Crippen LogP contribution in [-0.2, 0) is 17.8 Å². The van der Waals surface area contributed by atoms with Crippen LogP contribution < -0.4 is 0 Å². The highest BCUT2D eigenvalue weighted by molar-refractivity contribution is 5.89. The van der Waals surface area contributed by atoms with Crippen LogP contribution >= 0.6 is 0 Å². The molecule has 1 aliphatic rings. The maximum absolute atomic E-state index is 12.7. The summed E-state index contributed by atoms with van der Waals surface area (Å²) < 4.78 is 0. The molecule has 7 heteroatoms. The van der Waals surface area contributed by atoms with Gasteiger partial charge in [0.05, 0.1) is 10.5 Å². The van der Waals surface area contributed by atoms with Crippen molar-refractivity contribution in [3.05, 3.63) is 75.3 Å². The number of nitro groups is 1. The van der Waals surface area contributed by atoms with Crippen LogP contribution in [0.2, 0.25) is 0 Å². The number of carbonyl (C=O) groups excluding carboxylic acids is 1. The Morgan fingerprint density at radius 3 is 2.37 bits per heavy atom. The standard InChI is InChI=1S/C20H20N2O5/c23-19(12-7-15-3-1-2-4-18(15)20(24)25)21(16-10-11-16)13-14-5-8-17(9-6-14)22(26)27/h1-6,8-9,16H,7,10-13H2,(H,24,25). The van der Waals surface area contributed by atoms with Crippen molar-refractivity contribution in [2.24, 2.45) is 0 Å². The van der Waals surface area contributed by atoms with Crippen molar-refractivity contribution in [3.8, 4) is 0 Å². The summed E-state index contributed by atoms with van der Waals surface area (Å²) >= 11 is 0. The second-order valence-corrected chi connectivity index (χ2v) is 6.64. The molecular formula is C20H20N2O5. The van der Waals surface area contributed by atoms with E-state index in [2.05, 4.69) is 0 Å². The number of benzene rings is 2. The SMILES string of the molecule is O=C(O)c1ccccc1CCC(=O)N(Cc1ccc([N+](=O)[O-])cc1)C1CC1. The average Bonchev–Trinajstić information content (AvgIpc) is 3.49. The van der Waals surface area contributed by atoms with Crippen LogP contribution in [0.3, 0.4) is 0 Å². The zero-order chi connectivity index (χ0) is 19.4. The monoisotopic (exact) mass is 368 g/mol. The van der Waals surface area contributed by atoms with Crippen molar-refractivity contribution >= 4 is 17.6 Å². The minimum atomic E-state index is -0.997. The van der Waals surface area contributed by atoms with Crippen LogP contribution in [-0.4, -0.2) is 32.8 Å². The smallest absolute Gasteiger partial charge is 0.335 e. The number of carboxylic acid groups (broad SMARTS) is 1. The second kappa shape index (κ2) is 7.99. The van der Waals surface area contributed by atoms with Gasteiger partial charge >= 0.3 is 5.97 Å². The van der Waals surface area contributed by atoms with Crippen LogP contribution in [0, 0.1) is 10.1 Å². The summed E-state index contributed by atoms with van der Waals surface area (Å²) in [6.45, 7) is 0.405. The molecule has 0 unspecified atom stereocenters. The van der Waals surface area contributed by atoms with Crippen molar-refractivity contribution in [1.29, 1.82) is 0 Å². The predicted molar refractivity (Wildman–Crippen MR) is 98.4 cm³/mol. The molecule has 1 amide bonds. The van der Waals surface area contributed by atoms with Gasteiger partial charge in [0.25, 0.3) is 5.69 Å². The largest absolute Gasteiger partial charge is 0.478 e. The molecule has 3 rings (SSSR count). The summed E-state index contributed by atoms with van der Waals surface area (Å²) in [5, 5.41) is 20.0. The van der Waals surface area contributed by atoms with Crippen molar-refractivity contribution in [2.45, 2.75) is 38.3 Å². The van der Waals surface area contributed by atoms with Crippen LogP contribution in [0.5, 0.6) is 0 Å². The molecule has 140 valence electrons. The molecule has 0 radical (unpaired) electrons. The fourth-order valence-corrected chi connectivity index (χ4v) is 3.06. The van der Waals surface area contributed by atoms with Gasteiger partial charge in [0, 0.05) is 31.1 Å². The molecule has 0 saturated heterocycles. The van der Waals surface area contributed by atoms with Gasteiger partial charge in [-0.3, -0.25) is 14.9 Å². The van der Waals surface area contributed by atoms with Gasteiger partial charge in [0.15, 0.2) is 0 Å². The van der Waals surface area contributed by atoms with E-state index in [0.717, 1.165) is 18.4 Å². The Bertz CT molecular complexity index is 859. The van der Waals surface area contributed by atoms with E-state index in [9.17, 15) is 24.8 Å². The zero-order valence-corrected chi connectivity index (χ0v) is 14.7. The first-order valence-corrected chi connectivity index (χ1v) is 8.79. The van der Waals surface area contributed by atoms with E-state index in [0.29, 0.717) is 18.5 Å². The third-order valence-corrected chi connectivity index (χ3v) is 4.66. The number of aromatic carboxylic acids is 1. The molecule has 0 aliphatic heterocycles. The van der Waals surface area contributed by atoms with Crippen LogP contribution in [0.4, 0.5) is 5.69 Å². The second-order valence-electron chi connectivity index (χ2n) is 6.64. The first-order valence-electron chi connectivity index (χ1n) is 8.79. The summed E-state index contributed by atoms with van der Waals surface area (Å²) in [4.78, 5) is 36.1. The lowest BCUT2D eigenvalue weighted by atomic mass is 10.0. The fourth-order valence-electron chi connectivity index (χ4n) is 3.06. The van der Waals surface area contributed by atoms with Gasteiger partial charge in [0.2, 0.25) is 5.91 Å². The Balaban J connectivity index is 1.66. The number of amides is 1. The van der Waals surface area contributed by atoms with Gasteiger partial charge in [-0.15, -0.1) is 0 Å². The maximum Gasteiger partial charge on any atom is 0.335 e. The lowest BCUT2D eigenvalue weighted by Crippen LogP contribution is -2.32. The van der Waals surface area contributed by atoms with E-state index in [1.54, 1.807) is 35.2 Å². The van der Waals surface area contributed by atoms with Crippen LogP contribution in [0.25, 0.3) is 0 Å². The van der Waals surface area contributed by atoms with Gasteiger partial charge in [-0.25, -0.2) is 4.79 Å². The first-order chi connectivity index (χ1) is 13.0. The topological polar surface area (TPSA) is 101 Å². The van der Waals surface area contributed by atoms with Crippen LogP contribution in [0.15, 0.2) is 48.5 Å². The highest BCUT2D eigenvalue weighted by Crippen LogP contribution is 2.29. The molecule has 0 bridgehead atoms. The van der Waals surface area contributed by atoms with Crippen LogP contribution in [0.1, 0.15) is 40.7 Å². The Hall–Kier alpha value is -3.22. The minimum absolute atomic E-state index is 0.0216. The molecule has 7 nitrogen and oxygen atoms in total. The van der Waals surface area contributed by atoms with E-state index in [4.69, 9.17) is 0 Å². The number of carboxylic acids is 1. The molecule has 1 aliphatic carbocycles. The van der Waals surface area contributed by atoms with E-state index >= 15 is 0 Å². The zero-order valence-electron chi connectivity index (χ0n) is 14.7. The van der Waals surface area contributed by atoms with E-state index < -0.39 is 10.9 Å². The summed E-state index contributed by atoms with van der Waals surface area (Å²) in [5.41, 5.74) is 1.73. The Morgan fingerprint density at radius 1 is 1.11 bits per heavy atom. The Kier molecular flexibility index (Phi) is 5.49. The van der Waals surface area contributed by atoms with Gasteiger partial charge in [-0.2, -0.15) is 0 Å².